The molecule has 0 saturated heterocycles. The summed E-state index contributed by atoms with van der Waals surface area (Å²) < 4.78 is 0. The van der Waals surface area contributed by atoms with Crippen molar-refractivity contribution < 1.29 is 14.7 Å². The molecule has 0 aromatic heterocycles. The molecule has 0 aromatic carbocycles. The van der Waals surface area contributed by atoms with Gasteiger partial charge in [-0.1, -0.05) is 27.2 Å². The van der Waals surface area contributed by atoms with Crippen molar-refractivity contribution in [2.24, 2.45) is 22.7 Å². The smallest absolute Gasteiger partial charge is 0.246 e. The highest BCUT2D eigenvalue weighted by Crippen LogP contribution is 2.62. The number of nitrogens with zero attached hydrogens (tertiary/aromatic N) is 1. The molecule has 0 aromatic rings. The van der Waals surface area contributed by atoms with Crippen molar-refractivity contribution in [1.82, 2.24) is 5.06 Å². The van der Waals surface area contributed by atoms with E-state index in [9.17, 15) is 9.90 Å². The fraction of sp³-hybridized carbons (Fsp3) is 0.944. The summed E-state index contributed by atoms with van der Waals surface area (Å²) in [6.45, 7) is 8.93. The van der Waals surface area contributed by atoms with Gasteiger partial charge in [0.2, 0.25) is 5.91 Å². The van der Waals surface area contributed by atoms with E-state index in [2.05, 4.69) is 20.8 Å². The van der Waals surface area contributed by atoms with E-state index in [1.807, 2.05) is 6.92 Å². The summed E-state index contributed by atoms with van der Waals surface area (Å²) in [5.41, 5.74) is -0.464. The molecule has 0 radical (unpaired) electrons. The van der Waals surface area contributed by atoms with Crippen LogP contribution in [-0.2, 0) is 9.63 Å². The molecule has 4 atom stereocenters. The molecular weight excluding hydrogens is 278 g/mol. The van der Waals surface area contributed by atoms with Crippen molar-refractivity contribution >= 4 is 5.91 Å². The molecule has 0 spiro atoms. The minimum absolute atomic E-state index is 0.0107. The Morgan fingerprint density at radius 2 is 1.86 bits per heavy atom. The molecule has 1 N–H and O–H groups in total. The lowest BCUT2D eigenvalue weighted by Crippen LogP contribution is -2.58. The molecule has 1 amide bonds. The summed E-state index contributed by atoms with van der Waals surface area (Å²) in [5.74, 6) is 0.515. The first-order valence-corrected chi connectivity index (χ1v) is 8.57. The number of carbonyl (C=O) groups is 1. The second kappa shape index (κ2) is 5.79. The molecule has 4 heteroatoms. The largest absolute Gasteiger partial charge is 0.390 e. The van der Waals surface area contributed by atoms with Gasteiger partial charge in [-0.3, -0.25) is 9.63 Å². The number of aliphatic hydroxyl groups is 1. The Bertz CT molecular complexity index is 432. The van der Waals surface area contributed by atoms with Gasteiger partial charge >= 0.3 is 0 Å². The standard InChI is InChI=1S/C18H33NO3/c1-16(2)9-7-10-17(3)13(16)8-11-18(4,21)14(17)12-15(20)19(5)22-6/h13-14,21H,7-12H2,1-6H3/t13-,14+,17-,18-/m0/s1. The van der Waals surface area contributed by atoms with Gasteiger partial charge in [0.1, 0.15) is 0 Å². The number of hydrogen-bond acceptors (Lipinski definition) is 3. The molecule has 22 heavy (non-hydrogen) atoms. The first-order chi connectivity index (χ1) is 10.0. The highest BCUT2D eigenvalue weighted by atomic mass is 16.7. The highest BCUT2D eigenvalue weighted by Gasteiger charge is 2.58. The van der Waals surface area contributed by atoms with Crippen molar-refractivity contribution in [2.75, 3.05) is 14.2 Å². The summed E-state index contributed by atoms with van der Waals surface area (Å²) in [7, 11) is 3.15. The van der Waals surface area contributed by atoms with Crippen molar-refractivity contribution in [3.05, 3.63) is 0 Å². The van der Waals surface area contributed by atoms with Gasteiger partial charge in [0, 0.05) is 19.4 Å². The van der Waals surface area contributed by atoms with E-state index in [4.69, 9.17) is 4.84 Å². The van der Waals surface area contributed by atoms with Gasteiger partial charge in [0.25, 0.3) is 0 Å². The van der Waals surface area contributed by atoms with Crippen LogP contribution in [0, 0.1) is 22.7 Å². The van der Waals surface area contributed by atoms with Crippen LogP contribution in [0.15, 0.2) is 0 Å². The van der Waals surface area contributed by atoms with Gasteiger partial charge in [-0.05, 0) is 49.4 Å². The Kier molecular flexibility index (Phi) is 4.67. The zero-order valence-electron chi connectivity index (χ0n) is 15.1. The fourth-order valence-corrected chi connectivity index (χ4v) is 5.48. The molecule has 4 nitrogen and oxygen atoms in total. The molecule has 0 bridgehead atoms. The molecule has 0 unspecified atom stereocenters. The second-order valence-electron chi connectivity index (χ2n) is 8.63. The fourth-order valence-electron chi connectivity index (χ4n) is 5.48. The van der Waals surface area contributed by atoms with E-state index in [0.29, 0.717) is 12.3 Å². The average molecular weight is 311 g/mol. The topological polar surface area (TPSA) is 49.8 Å². The van der Waals surface area contributed by atoms with Crippen LogP contribution >= 0.6 is 0 Å². The van der Waals surface area contributed by atoms with E-state index < -0.39 is 5.60 Å². The predicted molar refractivity (Wildman–Crippen MR) is 87.0 cm³/mol. The van der Waals surface area contributed by atoms with Gasteiger partial charge in [0.05, 0.1) is 12.7 Å². The Labute approximate surface area is 135 Å². The van der Waals surface area contributed by atoms with Gasteiger partial charge in [-0.25, -0.2) is 5.06 Å². The molecule has 2 rings (SSSR count). The molecule has 2 saturated carbocycles. The van der Waals surface area contributed by atoms with E-state index in [1.54, 1.807) is 7.05 Å². The van der Waals surface area contributed by atoms with Crippen molar-refractivity contribution in [1.29, 1.82) is 0 Å². The zero-order chi connectivity index (χ0) is 16.8. The number of carbonyl (C=O) groups excluding carboxylic acids is 1. The summed E-state index contributed by atoms with van der Waals surface area (Å²) >= 11 is 0. The first kappa shape index (κ1) is 17.7. The normalized spacial score (nSPS) is 40.9. The van der Waals surface area contributed by atoms with Crippen molar-refractivity contribution in [3.8, 4) is 0 Å². The summed E-state index contributed by atoms with van der Waals surface area (Å²) in [6.07, 6.45) is 5.73. The minimum Gasteiger partial charge on any atom is -0.390 e. The van der Waals surface area contributed by atoms with E-state index >= 15 is 0 Å². The van der Waals surface area contributed by atoms with Crippen LogP contribution < -0.4 is 0 Å². The van der Waals surface area contributed by atoms with Crippen LogP contribution in [0.3, 0.4) is 0 Å². The monoisotopic (exact) mass is 311 g/mol. The third-order valence-electron chi connectivity index (χ3n) is 6.77. The molecule has 0 aliphatic heterocycles. The Balaban J connectivity index is 2.32. The summed E-state index contributed by atoms with van der Waals surface area (Å²) in [4.78, 5) is 17.4. The number of hydrogen-bond donors (Lipinski definition) is 1. The second-order valence-corrected chi connectivity index (χ2v) is 8.63. The van der Waals surface area contributed by atoms with Crippen molar-refractivity contribution in [3.63, 3.8) is 0 Å². The number of rotatable bonds is 3. The van der Waals surface area contributed by atoms with Gasteiger partial charge in [-0.2, -0.15) is 0 Å². The van der Waals surface area contributed by atoms with Crippen LogP contribution in [0.25, 0.3) is 0 Å². The third-order valence-corrected chi connectivity index (χ3v) is 6.77. The number of hydroxylamine groups is 2. The van der Waals surface area contributed by atoms with Gasteiger partial charge < -0.3 is 5.11 Å². The van der Waals surface area contributed by atoms with Crippen molar-refractivity contribution in [2.45, 2.75) is 71.8 Å². The van der Waals surface area contributed by atoms with E-state index in [-0.39, 0.29) is 22.7 Å². The Hall–Kier alpha value is -0.610. The van der Waals surface area contributed by atoms with Gasteiger partial charge in [-0.15, -0.1) is 0 Å². The minimum atomic E-state index is -0.775. The van der Waals surface area contributed by atoms with Crippen LogP contribution in [0.4, 0.5) is 0 Å². The molecule has 0 heterocycles. The quantitative estimate of drug-likeness (QED) is 0.813. The molecule has 128 valence electrons. The number of amides is 1. The number of fused-ring (bicyclic) bond motifs is 1. The third kappa shape index (κ3) is 2.92. The predicted octanol–water partition coefficient (Wildman–Crippen LogP) is 3.39. The summed E-state index contributed by atoms with van der Waals surface area (Å²) in [6, 6.07) is 0. The van der Waals surface area contributed by atoms with Crippen LogP contribution in [0.2, 0.25) is 0 Å². The first-order valence-electron chi connectivity index (χ1n) is 8.57. The van der Waals surface area contributed by atoms with E-state index in [1.165, 1.54) is 25.0 Å². The molecule has 2 aliphatic rings. The maximum atomic E-state index is 12.4. The highest BCUT2D eigenvalue weighted by molar-refractivity contribution is 5.75. The van der Waals surface area contributed by atoms with Crippen LogP contribution in [0.1, 0.15) is 66.2 Å². The zero-order valence-corrected chi connectivity index (χ0v) is 15.1. The lowest BCUT2D eigenvalue weighted by Gasteiger charge is -2.61. The maximum Gasteiger partial charge on any atom is 0.246 e. The van der Waals surface area contributed by atoms with Crippen LogP contribution in [0.5, 0.6) is 0 Å². The molecular formula is C18H33NO3. The lowest BCUT2D eigenvalue weighted by atomic mass is 9.45. The summed E-state index contributed by atoms with van der Waals surface area (Å²) in [5, 5.41) is 12.3. The van der Waals surface area contributed by atoms with Crippen LogP contribution in [-0.4, -0.2) is 35.8 Å². The Morgan fingerprint density at radius 3 is 2.45 bits per heavy atom. The van der Waals surface area contributed by atoms with E-state index in [0.717, 1.165) is 19.3 Å². The maximum absolute atomic E-state index is 12.4. The molecule has 2 fully saturated rings. The molecule has 2 aliphatic carbocycles. The lowest BCUT2D eigenvalue weighted by molar-refractivity contribution is -0.191. The average Bonchev–Trinajstić information content (AvgIpc) is 2.40. The Morgan fingerprint density at radius 1 is 1.23 bits per heavy atom. The SMILES string of the molecule is CON(C)C(=O)C[C@@H]1[C@@]2(C)CCCC(C)(C)[C@@H]2CC[C@]1(C)O. The van der Waals surface area contributed by atoms with Gasteiger partial charge in [0.15, 0.2) is 0 Å².